The van der Waals surface area contributed by atoms with Gasteiger partial charge in [-0.3, -0.25) is 0 Å². The number of pyridine rings is 2. The van der Waals surface area contributed by atoms with Gasteiger partial charge in [0.05, 0.1) is 23.4 Å². The van der Waals surface area contributed by atoms with E-state index in [1.54, 1.807) is 12.4 Å². The summed E-state index contributed by atoms with van der Waals surface area (Å²) in [5.74, 6) is 0.427. The van der Waals surface area contributed by atoms with Gasteiger partial charge in [-0.05, 0) is 36.4 Å². The number of hydrogen-bond donors (Lipinski definition) is 2. The molecular formula is C18H14N2O2. The number of nitrogens with zero attached hydrogens (tertiary/aromatic N) is 2. The van der Waals surface area contributed by atoms with E-state index in [1.165, 1.54) is 0 Å². The molecule has 0 saturated carbocycles. The van der Waals surface area contributed by atoms with Gasteiger partial charge in [-0.15, -0.1) is 0 Å². The van der Waals surface area contributed by atoms with Crippen LogP contribution in [0.1, 0.15) is 11.1 Å². The van der Waals surface area contributed by atoms with Gasteiger partial charge < -0.3 is 19.0 Å². The van der Waals surface area contributed by atoms with Crippen molar-refractivity contribution in [2.75, 3.05) is 0 Å². The second-order valence-electron chi connectivity index (χ2n) is 5.18. The molecule has 2 N–H and O–H groups in total. The van der Waals surface area contributed by atoms with E-state index in [4.69, 9.17) is 0 Å². The molecule has 0 spiro atoms. The molecule has 0 bridgehead atoms. The molecule has 0 radical (unpaired) electrons. The van der Waals surface area contributed by atoms with E-state index < -0.39 is 0 Å². The molecule has 0 unspecified atom stereocenters. The Labute approximate surface area is 126 Å². The third-order valence-electron chi connectivity index (χ3n) is 3.82. The Kier molecular flexibility index (Phi) is 2.69. The lowest BCUT2D eigenvalue weighted by molar-refractivity contribution is 0.473. The van der Waals surface area contributed by atoms with E-state index in [9.17, 15) is 10.2 Å². The van der Waals surface area contributed by atoms with Gasteiger partial charge >= 0.3 is 0 Å². The van der Waals surface area contributed by atoms with Crippen molar-refractivity contribution in [1.82, 2.24) is 8.80 Å². The van der Waals surface area contributed by atoms with Gasteiger partial charge in [0.2, 0.25) is 0 Å². The molecule has 0 aliphatic heterocycles. The van der Waals surface area contributed by atoms with Crippen molar-refractivity contribution in [3.8, 4) is 11.5 Å². The highest BCUT2D eigenvalue weighted by Crippen LogP contribution is 2.30. The molecule has 4 heteroatoms. The maximum atomic E-state index is 10.1. The van der Waals surface area contributed by atoms with E-state index in [-0.39, 0.29) is 11.5 Å². The second kappa shape index (κ2) is 4.70. The molecule has 0 atom stereocenters. The average Bonchev–Trinajstić information content (AvgIpc) is 3.01. The Hall–Kier alpha value is -3.14. The van der Waals surface area contributed by atoms with Crippen LogP contribution in [0.25, 0.3) is 23.2 Å². The fourth-order valence-corrected chi connectivity index (χ4v) is 2.77. The number of fused-ring (bicyclic) bond motifs is 2. The third-order valence-corrected chi connectivity index (χ3v) is 3.82. The van der Waals surface area contributed by atoms with Crippen LogP contribution in [-0.2, 0) is 0 Å². The van der Waals surface area contributed by atoms with E-state index in [2.05, 4.69) is 0 Å². The molecule has 0 aliphatic carbocycles. The summed E-state index contributed by atoms with van der Waals surface area (Å²) in [4.78, 5) is 0. The number of hydrogen-bond acceptors (Lipinski definition) is 2. The van der Waals surface area contributed by atoms with Gasteiger partial charge in [0.1, 0.15) is 11.5 Å². The average molecular weight is 290 g/mol. The van der Waals surface area contributed by atoms with Crippen LogP contribution in [0.15, 0.2) is 61.2 Å². The van der Waals surface area contributed by atoms with Crippen molar-refractivity contribution < 1.29 is 10.2 Å². The minimum atomic E-state index is 0.213. The van der Waals surface area contributed by atoms with Gasteiger partial charge in [0, 0.05) is 23.5 Å². The van der Waals surface area contributed by atoms with Crippen molar-refractivity contribution in [3.05, 3.63) is 72.3 Å². The molecule has 0 aromatic carbocycles. The zero-order valence-corrected chi connectivity index (χ0v) is 11.7. The number of aromatic nitrogens is 2. The normalized spacial score (nSPS) is 11.8. The Morgan fingerprint density at radius 1 is 0.682 bits per heavy atom. The van der Waals surface area contributed by atoms with Gasteiger partial charge in [0.15, 0.2) is 0 Å². The van der Waals surface area contributed by atoms with Crippen molar-refractivity contribution in [2.24, 2.45) is 0 Å². The van der Waals surface area contributed by atoms with Gasteiger partial charge in [-0.25, -0.2) is 0 Å². The maximum absolute atomic E-state index is 10.1. The van der Waals surface area contributed by atoms with E-state index in [1.807, 2.05) is 69.7 Å². The van der Waals surface area contributed by atoms with Crippen LogP contribution in [0.2, 0.25) is 0 Å². The summed E-state index contributed by atoms with van der Waals surface area (Å²) in [6.45, 7) is 0. The zero-order valence-electron chi connectivity index (χ0n) is 11.7. The standard InChI is InChI=1S/C18H14N2O2/c21-17-11-19-9-3-1-5-15(19)13(17)7-8-14-16-6-2-4-10-20(16)12-18(14)22/h1-12,21-22H. The summed E-state index contributed by atoms with van der Waals surface area (Å²) < 4.78 is 3.74. The number of rotatable bonds is 2. The van der Waals surface area contributed by atoms with Gasteiger partial charge in [0.25, 0.3) is 0 Å². The molecule has 4 heterocycles. The monoisotopic (exact) mass is 290 g/mol. The van der Waals surface area contributed by atoms with Gasteiger partial charge in [-0.1, -0.05) is 12.1 Å². The Balaban J connectivity index is 1.86. The summed E-state index contributed by atoms with van der Waals surface area (Å²) in [7, 11) is 0. The molecule has 4 nitrogen and oxygen atoms in total. The molecule has 0 aliphatic rings. The van der Waals surface area contributed by atoms with Crippen LogP contribution in [0.5, 0.6) is 11.5 Å². The Morgan fingerprint density at radius 3 is 1.59 bits per heavy atom. The first kappa shape index (κ1) is 12.6. The molecule has 4 rings (SSSR count). The highest BCUT2D eigenvalue weighted by atomic mass is 16.3. The van der Waals surface area contributed by atoms with Crippen molar-refractivity contribution in [3.63, 3.8) is 0 Å². The largest absolute Gasteiger partial charge is 0.506 e. The first-order chi connectivity index (χ1) is 10.7. The maximum Gasteiger partial charge on any atom is 0.141 e. The van der Waals surface area contributed by atoms with Crippen LogP contribution in [0.3, 0.4) is 0 Å². The Bertz CT molecular complexity index is 926. The quantitative estimate of drug-likeness (QED) is 0.590. The van der Waals surface area contributed by atoms with Crippen molar-refractivity contribution >= 4 is 23.2 Å². The minimum Gasteiger partial charge on any atom is -0.506 e. The molecule has 22 heavy (non-hydrogen) atoms. The lowest BCUT2D eigenvalue weighted by atomic mass is 10.1. The summed E-state index contributed by atoms with van der Waals surface area (Å²) in [5, 5.41) is 20.2. The fraction of sp³-hybridized carbons (Fsp3) is 0. The van der Waals surface area contributed by atoms with Crippen molar-refractivity contribution in [1.29, 1.82) is 0 Å². The predicted octanol–water partition coefficient (Wildman–Crippen LogP) is 3.77. The number of aromatic hydroxyl groups is 2. The van der Waals surface area contributed by atoms with Crippen LogP contribution < -0.4 is 0 Å². The molecule has 0 amide bonds. The summed E-state index contributed by atoms with van der Waals surface area (Å²) in [6.07, 6.45) is 10.8. The molecular weight excluding hydrogens is 276 g/mol. The first-order valence-electron chi connectivity index (χ1n) is 6.99. The molecule has 108 valence electrons. The molecule has 0 saturated heterocycles. The lowest BCUT2D eigenvalue weighted by Gasteiger charge is -1.96. The Morgan fingerprint density at radius 2 is 1.14 bits per heavy atom. The summed E-state index contributed by atoms with van der Waals surface area (Å²) in [6, 6.07) is 11.6. The topological polar surface area (TPSA) is 49.3 Å². The van der Waals surface area contributed by atoms with Crippen LogP contribution in [0.4, 0.5) is 0 Å². The molecule has 0 fully saturated rings. The van der Waals surface area contributed by atoms with E-state index >= 15 is 0 Å². The molecule has 4 aromatic heterocycles. The van der Waals surface area contributed by atoms with Gasteiger partial charge in [-0.2, -0.15) is 0 Å². The minimum absolute atomic E-state index is 0.213. The van der Waals surface area contributed by atoms with Crippen LogP contribution in [-0.4, -0.2) is 19.0 Å². The third kappa shape index (κ3) is 1.85. The van der Waals surface area contributed by atoms with E-state index in [0.717, 1.165) is 22.2 Å². The first-order valence-corrected chi connectivity index (χ1v) is 6.99. The smallest absolute Gasteiger partial charge is 0.141 e. The summed E-state index contributed by atoms with van der Waals surface area (Å²) in [5.41, 5.74) is 3.30. The zero-order chi connectivity index (χ0) is 15.1. The fourth-order valence-electron chi connectivity index (χ4n) is 2.77. The predicted molar refractivity (Wildman–Crippen MR) is 87.1 cm³/mol. The van der Waals surface area contributed by atoms with E-state index in [0.29, 0.717) is 0 Å². The van der Waals surface area contributed by atoms with Crippen LogP contribution >= 0.6 is 0 Å². The van der Waals surface area contributed by atoms with Crippen LogP contribution in [0, 0.1) is 0 Å². The highest BCUT2D eigenvalue weighted by Gasteiger charge is 2.09. The lowest BCUT2D eigenvalue weighted by Crippen LogP contribution is -1.80. The second-order valence-corrected chi connectivity index (χ2v) is 5.18. The highest BCUT2D eigenvalue weighted by molar-refractivity contribution is 5.87. The SMILES string of the molecule is Oc1cn2ccccc2c1C=Cc1c(O)cn2ccccc12. The molecule has 4 aromatic rings. The van der Waals surface area contributed by atoms with Crippen molar-refractivity contribution in [2.45, 2.75) is 0 Å². The summed E-state index contributed by atoms with van der Waals surface area (Å²) >= 11 is 0.